The van der Waals surface area contributed by atoms with E-state index in [1.54, 1.807) is 0 Å². The molecular weight excluding hydrogens is 519 g/mol. The van der Waals surface area contributed by atoms with Crippen LogP contribution in [0.15, 0.2) is 33.7 Å². The number of hydrogen-bond acceptors (Lipinski definition) is 2. The summed E-state index contributed by atoms with van der Waals surface area (Å²) in [6.45, 7) is 5.18. The molecule has 2 fully saturated rings. The highest BCUT2D eigenvalue weighted by Crippen LogP contribution is 2.27. The van der Waals surface area contributed by atoms with Crippen molar-refractivity contribution in [3.63, 3.8) is 0 Å². The Morgan fingerprint density at radius 1 is 1.22 bits per heavy atom. The zero-order chi connectivity index (χ0) is 18.4. The molecule has 1 saturated carbocycles. The van der Waals surface area contributed by atoms with Crippen molar-refractivity contribution in [1.29, 1.82) is 0 Å². The summed E-state index contributed by atoms with van der Waals surface area (Å²) in [5.41, 5.74) is 1.18. The topological polar surface area (TPSA) is 56.7 Å². The van der Waals surface area contributed by atoms with E-state index in [1.807, 2.05) is 17.0 Å². The van der Waals surface area contributed by atoms with Gasteiger partial charge in [0.2, 0.25) is 5.91 Å². The second-order valence-electron chi connectivity index (χ2n) is 7.22. The van der Waals surface area contributed by atoms with E-state index in [9.17, 15) is 4.79 Å². The summed E-state index contributed by atoms with van der Waals surface area (Å²) in [4.78, 5) is 19.3. The molecule has 0 radical (unpaired) electrons. The van der Waals surface area contributed by atoms with Gasteiger partial charge in [-0.3, -0.25) is 4.79 Å². The van der Waals surface area contributed by atoms with E-state index in [1.165, 1.54) is 18.4 Å². The number of rotatable bonds is 5. The number of hydrogen-bond donors (Lipinski definition) is 2. The Morgan fingerprint density at radius 2 is 1.93 bits per heavy atom. The number of amides is 1. The van der Waals surface area contributed by atoms with Gasteiger partial charge in [0.15, 0.2) is 5.96 Å². The highest BCUT2D eigenvalue weighted by atomic mass is 127. The van der Waals surface area contributed by atoms with Crippen molar-refractivity contribution >= 4 is 51.8 Å². The number of likely N-dealkylation sites (tertiary alicyclic amines) is 1. The summed E-state index contributed by atoms with van der Waals surface area (Å²) in [6, 6.07) is 8.51. The van der Waals surface area contributed by atoms with Gasteiger partial charge >= 0.3 is 0 Å². The molecule has 2 N–H and O–H groups in total. The molecule has 150 valence electrons. The van der Waals surface area contributed by atoms with Crippen LogP contribution < -0.4 is 10.6 Å². The lowest BCUT2D eigenvalue weighted by atomic mass is 10.1. The van der Waals surface area contributed by atoms with Crippen LogP contribution in [0, 0.1) is 5.92 Å². The second kappa shape index (κ2) is 11.2. The summed E-state index contributed by atoms with van der Waals surface area (Å²) in [5.74, 6) is 1.47. The molecule has 1 amide bonds. The SMILES string of the molecule is CCNC(=NCc1ccc(Br)cc1)NC1CCN(C(=O)C2CCCC2)C1.I. The van der Waals surface area contributed by atoms with Crippen molar-refractivity contribution in [3.8, 4) is 0 Å². The van der Waals surface area contributed by atoms with E-state index in [0.717, 1.165) is 49.3 Å². The van der Waals surface area contributed by atoms with Crippen molar-refractivity contribution in [2.75, 3.05) is 19.6 Å². The summed E-state index contributed by atoms with van der Waals surface area (Å²) >= 11 is 3.46. The monoisotopic (exact) mass is 548 g/mol. The van der Waals surface area contributed by atoms with Gasteiger partial charge < -0.3 is 15.5 Å². The van der Waals surface area contributed by atoms with E-state index in [2.05, 4.69) is 45.6 Å². The third-order valence-electron chi connectivity index (χ3n) is 5.22. The molecule has 1 saturated heterocycles. The molecule has 1 unspecified atom stereocenters. The standard InChI is InChI=1S/C20H29BrN4O.HI/c1-2-22-20(23-13-15-7-9-17(21)10-8-15)24-18-11-12-25(14-18)19(26)16-5-3-4-6-16;/h7-10,16,18H,2-6,11-14H2,1H3,(H2,22,23,24);1H. The molecule has 0 aromatic heterocycles. The number of halogens is 2. The fourth-order valence-electron chi connectivity index (χ4n) is 3.78. The summed E-state index contributed by atoms with van der Waals surface area (Å²) in [7, 11) is 0. The molecule has 3 rings (SSSR count). The smallest absolute Gasteiger partial charge is 0.225 e. The predicted octanol–water partition coefficient (Wildman–Crippen LogP) is 3.91. The van der Waals surface area contributed by atoms with Crippen LogP contribution in [0.5, 0.6) is 0 Å². The average Bonchev–Trinajstić information content (AvgIpc) is 3.33. The number of nitrogens with one attached hydrogen (secondary N) is 2. The van der Waals surface area contributed by atoms with Gasteiger partial charge in [0.05, 0.1) is 6.54 Å². The Bertz CT molecular complexity index is 631. The van der Waals surface area contributed by atoms with Crippen LogP contribution in [-0.2, 0) is 11.3 Å². The molecule has 7 heteroatoms. The van der Waals surface area contributed by atoms with Gasteiger partial charge in [-0.1, -0.05) is 40.9 Å². The molecule has 1 atom stereocenters. The number of aliphatic imine (C=N–C) groups is 1. The summed E-state index contributed by atoms with van der Waals surface area (Å²) < 4.78 is 1.08. The first-order valence-electron chi connectivity index (χ1n) is 9.73. The first kappa shape index (κ1) is 22.5. The van der Waals surface area contributed by atoms with Crippen LogP contribution in [0.25, 0.3) is 0 Å². The Labute approximate surface area is 187 Å². The van der Waals surface area contributed by atoms with Crippen molar-refractivity contribution in [2.45, 2.75) is 51.6 Å². The zero-order valence-corrected chi connectivity index (χ0v) is 19.8. The fourth-order valence-corrected chi connectivity index (χ4v) is 4.05. The molecule has 1 heterocycles. The molecule has 27 heavy (non-hydrogen) atoms. The maximum Gasteiger partial charge on any atom is 0.225 e. The van der Waals surface area contributed by atoms with Crippen molar-refractivity contribution in [2.24, 2.45) is 10.9 Å². The Kier molecular flexibility index (Phi) is 9.35. The molecule has 1 aliphatic heterocycles. The van der Waals surface area contributed by atoms with Crippen LogP contribution in [-0.4, -0.2) is 42.4 Å². The van der Waals surface area contributed by atoms with Gasteiger partial charge in [-0.05, 0) is 43.9 Å². The minimum absolute atomic E-state index is 0. The lowest BCUT2D eigenvalue weighted by Gasteiger charge is -2.21. The molecule has 2 aliphatic rings. The minimum atomic E-state index is 0. The molecule has 0 spiro atoms. The highest BCUT2D eigenvalue weighted by molar-refractivity contribution is 14.0. The zero-order valence-electron chi connectivity index (χ0n) is 15.9. The molecule has 1 aromatic carbocycles. The van der Waals surface area contributed by atoms with Crippen molar-refractivity contribution in [3.05, 3.63) is 34.3 Å². The first-order chi connectivity index (χ1) is 12.7. The highest BCUT2D eigenvalue weighted by Gasteiger charge is 2.32. The van der Waals surface area contributed by atoms with E-state index >= 15 is 0 Å². The predicted molar refractivity (Wildman–Crippen MR) is 124 cm³/mol. The normalized spacial score (nSPS) is 20.4. The molecule has 1 aliphatic carbocycles. The summed E-state index contributed by atoms with van der Waals surface area (Å²) in [6.07, 6.45) is 5.55. The van der Waals surface area contributed by atoms with Crippen molar-refractivity contribution in [1.82, 2.24) is 15.5 Å². The number of benzene rings is 1. The molecule has 0 bridgehead atoms. The molecular formula is C20H30BrIN4O. The van der Waals surface area contributed by atoms with E-state index in [-0.39, 0.29) is 35.9 Å². The Morgan fingerprint density at radius 3 is 2.59 bits per heavy atom. The molecule has 1 aromatic rings. The van der Waals surface area contributed by atoms with E-state index < -0.39 is 0 Å². The quantitative estimate of drug-likeness (QED) is 0.333. The van der Waals surface area contributed by atoms with Crippen LogP contribution in [0.2, 0.25) is 0 Å². The van der Waals surface area contributed by atoms with Crippen LogP contribution in [0.4, 0.5) is 0 Å². The average molecular weight is 549 g/mol. The maximum absolute atomic E-state index is 12.6. The number of carbonyl (C=O) groups excluding carboxylic acids is 1. The van der Waals surface area contributed by atoms with Gasteiger partial charge in [0.25, 0.3) is 0 Å². The van der Waals surface area contributed by atoms with Gasteiger partial charge in [-0.15, -0.1) is 24.0 Å². The molecule has 5 nitrogen and oxygen atoms in total. The third kappa shape index (κ3) is 6.62. The minimum Gasteiger partial charge on any atom is -0.357 e. The van der Waals surface area contributed by atoms with Gasteiger partial charge in [-0.2, -0.15) is 0 Å². The van der Waals surface area contributed by atoms with E-state index in [4.69, 9.17) is 4.99 Å². The second-order valence-corrected chi connectivity index (χ2v) is 8.13. The number of guanidine groups is 1. The van der Waals surface area contributed by atoms with Crippen molar-refractivity contribution < 1.29 is 4.79 Å². The lowest BCUT2D eigenvalue weighted by molar-refractivity contribution is -0.134. The summed E-state index contributed by atoms with van der Waals surface area (Å²) in [5, 5.41) is 6.83. The van der Waals surface area contributed by atoms with Gasteiger partial charge in [0, 0.05) is 36.1 Å². The number of nitrogens with zero attached hydrogens (tertiary/aromatic N) is 2. The van der Waals surface area contributed by atoms with Crippen LogP contribution in [0.1, 0.15) is 44.6 Å². The van der Waals surface area contributed by atoms with E-state index in [0.29, 0.717) is 12.5 Å². The van der Waals surface area contributed by atoms with Crippen LogP contribution >= 0.6 is 39.9 Å². The third-order valence-corrected chi connectivity index (χ3v) is 5.75. The Balaban J connectivity index is 0.00000261. The number of carbonyl (C=O) groups is 1. The fraction of sp³-hybridized carbons (Fsp3) is 0.600. The largest absolute Gasteiger partial charge is 0.357 e. The van der Waals surface area contributed by atoms with Gasteiger partial charge in [-0.25, -0.2) is 4.99 Å². The lowest BCUT2D eigenvalue weighted by Crippen LogP contribution is -2.45. The Hall–Kier alpha value is -0.830. The van der Waals surface area contributed by atoms with Gasteiger partial charge in [0.1, 0.15) is 0 Å². The van der Waals surface area contributed by atoms with Crippen LogP contribution in [0.3, 0.4) is 0 Å². The maximum atomic E-state index is 12.6. The first-order valence-corrected chi connectivity index (χ1v) is 10.5.